The van der Waals surface area contributed by atoms with Gasteiger partial charge in [-0.3, -0.25) is 4.79 Å². The third kappa shape index (κ3) is 3.25. The van der Waals surface area contributed by atoms with E-state index in [2.05, 4.69) is 20.8 Å². The Morgan fingerprint density at radius 2 is 2.16 bits per heavy atom. The van der Waals surface area contributed by atoms with Crippen molar-refractivity contribution in [2.24, 2.45) is 5.73 Å². The molecule has 1 amide bonds. The summed E-state index contributed by atoms with van der Waals surface area (Å²) in [5, 5.41) is 0. The van der Waals surface area contributed by atoms with Gasteiger partial charge in [0.25, 0.3) is 0 Å². The maximum absolute atomic E-state index is 11.9. The van der Waals surface area contributed by atoms with Gasteiger partial charge in [-0.25, -0.2) is 0 Å². The molecule has 6 heteroatoms. The van der Waals surface area contributed by atoms with E-state index in [1.165, 1.54) is 0 Å². The van der Waals surface area contributed by atoms with Crippen molar-refractivity contribution in [3.05, 3.63) is 28.2 Å². The average molecular weight is 342 g/mol. The molecule has 2 N–H and O–H groups in total. The number of halogens is 1. The number of likely N-dealkylation sites (N-methyl/N-ethyl adjacent to an activating group) is 1. The number of hydrogen-bond donors (Lipinski definition) is 1. The molecule has 1 fully saturated rings. The minimum Gasteiger partial charge on any atom is -0.389 e. The number of hydrogen-bond acceptors (Lipinski definition) is 3. The van der Waals surface area contributed by atoms with Crippen molar-refractivity contribution in [3.8, 4) is 0 Å². The number of benzene rings is 1. The van der Waals surface area contributed by atoms with Crippen LogP contribution in [0.15, 0.2) is 22.7 Å². The van der Waals surface area contributed by atoms with Gasteiger partial charge in [0.1, 0.15) is 4.99 Å². The van der Waals surface area contributed by atoms with Crippen LogP contribution < -0.4 is 10.6 Å². The minimum atomic E-state index is 0.145. The molecule has 1 aromatic rings. The fourth-order valence-corrected chi connectivity index (χ4v) is 3.00. The van der Waals surface area contributed by atoms with Gasteiger partial charge in [-0.2, -0.15) is 0 Å². The van der Waals surface area contributed by atoms with Crippen LogP contribution >= 0.6 is 28.1 Å². The molecule has 1 aliphatic rings. The Balaban J connectivity index is 2.24. The molecule has 1 aromatic carbocycles. The molecule has 2 rings (SSSR count). The Hall–Kier alpha value is -1.14. The summed E-state index contributed by atoms with van der Waals surface area (Å²) in [4.78, 5) is 16.1. The number of anilines is 1. The van der Waals surface area contributed by atoms with Crippen molar-refractivity contribution in [3.63, 3.8) is 0 Å². The van der Waals surface area contributed by atoms with E-state index in [-0.39, 0.29) is 5.91 Å². The smallest absolute Gasteiger partial charge is 0.241 e. The molecular formula is C13H16BrN3OS. The Kier molecular flexibility index (Phi) is 4.42. The van der Waals surface area contributed by atoms with Gasteiger partial charge in [0.05, 0.1) is 6.54 Å². The molecule has 0 saturated carbocycles. The first-order chi connectivity index (χ1) is 8.99. The highest BCUT2D eigenvalue weighted by Gasteiger charge is 2.19. The fraction of sp³-hybridized carbons (Fsp3) is 0.385. The highest BCUT2D eigenvalue weighted by molar-refractivity contribution is 9.10. The number of nitrogens with zero attached hydrogens (tertiary/aromatic N) is 2. The molecule has 4 nitrogen and oxygen atoms in total. The van der Waals surface area contributed by atoms with Crippen molar-refractivity contribution in [2.75, 3.05) is 31.6 Å². The van der Waals surface area contributed by atoms with Crippen LogP contribution in [0.2, 0.25) is 0 Å². The first kappa shape index (κ1) is 14.3. The van der Waals surface area contributed by atoms with Crippen LogP contribution in [0.1, 0.15) is 12.0 Å². The maximum atomic E-state index is 11.9. The van der Waals surface area contributed by atoms with E-state index in [4.69, 9.17) is 18.0 Å². The quantitative estimate of drug-likeness (QED) is 0.832. The lowest BCUT2D eigenvalue weighted by atomic mass is 10.2. The molecule has 0 atom stereocenters. The predicted octanol–water partition coefficient (Wildman–Crippen LogP) is 1.75. The maximum Gasteiger partial charge on any atom is 0.241 e. The topological polar surface area (TPSA) is 49.6 Å². The van der Waals surface area contributed by atoms with Crippen molar-refractivity contribution in [2.45, 2.75) is 6.42 Å². The van der Waals surface area contributed by atoms with Gasteiger partial charge >= 0.3 is 0 Å². The van der Waals surface area contributed by atoms with Crippen LogP contribution in [0.4, 0.5) is 5.69 Å². The number of carbonyl (C=O) groups is 1. The normalized spacial score (nSPS) is 16.4. The second kappa shape index (κ2) is 5.88. The Morgan fingerprint density at radius 3 is 2.79 bits per heavy atom. The molecule has 1 heterocycles. The number of amides is 1. The molecule has 102 valence electrons. The lowest BCUT2D eigenvalue weighted by molar-refractivity contribution is -0.127. The number of thiocarbonyl (C=S) groups is 1. The van der Waals surface area contributed by atoms with Crippen LogP contribution in [0.5, 0.6) is 0 Å². The standard InChI is InChI=1S/C13H16BrN3OS/c1-16-5-2-6-17(8-12(16)18)9-3-4-10(13(15)19)11(14)7-9/h3-4,7H,2,5-6,8H2,1H3,(H2,15,19). The molecule has 1 saturated heterocycles. The summed E-state index contributed by atoms with van der Waals surface area (Å²) in [5.74, 6) is 0.145. The lowest BCUT2D eigenvalue weighted by Crippen LogP contribution is -2.34. The van der Waals surface area contributed by atoms with E-state index < -0.39 is 0 Å². The monoisotopic (exact) mass is 341 g/mol. The first-order valence-electron chi connectivity index (χ1n) is 6.07. The van der Waals surface area contributed by atoms with Gasteiger partial charge in [-0.05, 0) is 40.5 Å². The average Bonchev–Trinajstić information content (AvgIpc) is 2.51. The third-order valence-electron chi connectivity index (χ3n) is 3.26. The molecular weight excluding hydrogens is 326 g/mol. The number of nitrogens with two attached hydrogens (primary N) is 1. The zero-order valence-electron chi connectivity index (χ0n) is 10.7. The van der Waals surface area contributed by atoms with Crippen LogP contribution in [-0.4, -0.2) is 42.5 Å². The highest BCUT2D eigenvalue weighted by Crippen LogP contribution is 2.25. The summed E-state index contributed by atoms with van der Waals surface area (Å²) in [6, 6.07) is 5.81. The van der Waals surface area contributed by atoms with Gasteiger partial charge in [-0.1, -0.05) is 12.2 Å². The molecule has 19 heavy (non-hydrogen) atoms. The molecule has 0 unspecified atom stereocenters. The zero-order valence-corrected chi connectivity index (χ0v) is 13.1. The molecule has 0 radical (unpaired) electrons. The summed E-state index contributed by atoms with van der Waals surface area (Å²) in [7, 11) is 1.84. The van der Waals surface area contributed by atoms with Crippen LogP contribution in [0.25, 0.3) is 0 Å². The molecule has 0 bridgehead atoms. The van der Waals surface area contributed by atoms with E-state index in [0.29, 0.717) is 11.5 Å². The SMILES string of the molecule is CN1CCCN(c2ccc(C(N)=S)c(Br)c2)CC1=O. The van der Waals surface area contributed by atoms with Gasteiger partial charge in [0.2, 0.25) is 5.91 Å². The van der Waals surface area contributed by atoms with Gasteiger partial charge in [0.15, 0.2) is 0 Å². The predicted molar refractivity (Wildman–Crippen MR) is 84.5 cm³/mol. The van der Waals surface area contributed by atoms with Crippen molar-refractivity contribution < 1.29 is 4.79 Å². The minimum absolute atomic E-state index is 0.145. The van der Waals surface area contributed by atoms with E-state index >= 15 is 0 Å². The number of rotatable bonds is 2. The Morgan fingerprint density at radius 1 is 1.42 bits per heavy atom. The summed E-state index contributed by atoms with van der Waals surface area (Å²) in [5.41, 5.74) is 7.46. The zero-order chi connectivity index (χ0) is 14.0. The van der Waals surface area contributed by atoms with Crippen LogP contribution in [-0.2, 0) is 4.79 Å². The van der Waals surface area contributed by atoms with E-state index in [9.17, 15) is 4.79 Å². The fourth-order valence-electron chi connectivity index (χ4n) is 2.11. The van der Waals surface area contributed by atoms with E-state index in [1.54, 1.807) is 4.90 Å². The van der Waals surface area contributed by atoms with Crippen LogP contribution in [0.3, 0.4) is 0 Å². The van der Waals surface area contributed by atoms with Crippen molar-refractivity contribution in [1.29, 1.82) is 0 Å². The van der Waals surface area contributed by atoms with E-state index in [0.717, 1.165) is 35.2 Å². The van der Waals surface area contributed by atoms with Gasteiger partial charge in [-0.15, -0.1) is 0 Å². The highest BCUT2D eigenvalue weighted by atomic mass is 79.9. The molecule has 0 aliphatic carbocycles. The van der Waals surface area contributed by atoms with Gasteiger partial charge in [0, 0.05) is 35.9 Å². The largest absolute Gasteiger partial charge is 0.389 e. The lowest BCUT2D eigenvalue weighted by Gasteiger charge is -2.22. The van der Waals surface area contributed by atoms with Gasteiger partial charge < -0.3 is 15.5 Å². The summed E-state index contributed by atoms with van der Waals surface area (Å²) in [6.45, 7) is 2.09. The Labute approximate surface area is 126 Å². The number of carbonyl (C=O) groups excluding carboxylic acids is 1. The second-order valence-corrected chi connectivity index (χ2v) is 5.91. The molecule has 0 aromatic heterocycles. The molecule has 0 spiro atoms. The summed E-state index contributed by atoms with van der Waals surface area (Å²) < 4.78 is 0.863. The first-order valence-corrected chi connectivity index (χ1v) is 7.27. The summed E-state index contributed by atoms with van der Waals surface area (Å²) >= 11 is 8.45. The Bertz CT molecular complexity index is 521. The summed E-state index contributed by atoms with van der Waals surface area (Å²) in [6.07, 6.45) is 0.969. The van der Waals surface area contributed by atoms with E-state index in [1.807, 2.05) is 25.2 Å². The third-order valence-corrected chi connectivity index (χ3v) is 4.13. The second-order valence-electron chi connectivity index (χ2n) is 4.62. The van der Waals surface area contributed by atoms with Crippen molar-refractivity contribution >= 4 is 44.7 Å². The van der Waals surface area contributed by atoms with Crippen molar-refractivity contribution in [1.82, 2.24) is 4.90 Å². The molecule has 1 aliphatic heterocycles. The van der Waals surface area contributed by atoms with Crippen LogP contribution in [0, 0.1) is 0 Å².